The molecule has 1 atom stereocenters. The van der Waals surface area contributed by atoms with Crippen LogP contribution in [-0.2, 0) is 16.1 Å². The minimum Gasteiger partial charge on any atom is -0.356 e. The molecule has 1 saturated heterocycles. The lowest BCUT2D eigenvalue weighted by molar-refractivity contribution is -0.135. The van der Waals surface area contributed by atoms with Gasteiger partial charge in [-0.05, 0) is 50.4 Å². The van der Waals surface area contributed by atoms with Crippen molar-refractivity contribution in [1.29, 1.82) is 0 Å². The normalized spacial score (nSPS) is 17.1. The third-order valence-corrected chi connectivity index (χ3v) is 5.56. The number of carbonyl (C=O) groups excluding carboxylic acids is 2. The van der Waals surface area contributed by atoms with Crippen LogP contribution in [0.4, 0.5) is 4.39 Å². The minimum atomic E-state index is -0.286. The Balaban J connectivity index is 1.80. The van der Waals surface area contributed by atoms with Crippen LogP contribution in [0.15, 0.2) is 24.3 Å². The number of nitrogens with zero attached hydrogens (tertiary/aromatic N) is 2. The summed E-state index contributed by atoms with van der Waals surface area (Å²) in [6.07, 6.45) is 6.38. The molecule has 0 aromatic heterocycles. The Morgan fingerprint density at radius 3 is 2.79 bits per heavy atom. The SMILES string of the molecule is CCCCCCNC(=O)C1CCCN(CC(=O)N(CC)Cc2cccc(F)c2)C1. The fourth-order valence-electron chi connectivity index (χ4n) is 3.84. The largest absolute Gasteiger partial charge is 0.356 e. The average molecular weight is 406 g/mol. The van der Waals surface area contributed by atoms with Gasteiger partial charge in [0.15, 0.2) is 0 Å². The zero-order valence-corrected chi connectivity index (χ0v) is 18.0. The zero-order valence-electron chi connectivity index (χ0n) is 18.0. The quantitative estimate of drug-likeness (QED) is 0.573. The van der Waals surface area contributed by atoms with Crippen molar-refractivity contribution in [3.8, 4) is 0 Å². The summed E-state index contributed by atoms with van der Waals surface area (Å²) >= 11 is 0. The fourth-order valence-corrected chi connectivity index (χ4v) is 3.84. The molecule has 1 aromatic rings. The van der Waals surface area contributed by atoms with E-state index in [0.717, 1.165) is 44.3 Å². The number of likely N-dealkylation sites (tertiary alicyclic amines) is 1. The maximum Gasteiger partial charge on any atom is 0.237 e. The second kappa shape index (κ2) is 12.6. The first-order valence-corrected chi connectivity index (χ1v) is 11.1. The second-order valence-electron chi connectivity index (χ2n) is 7.96. The lowest BCUT2D eigenvalue weighted by Gasteiger charge is -2.33. The Morgan fingerprint density at radius 1 is 1.24 bits per heavy atom. The van der Waals surface area contributed by atoms with E-state index in [2.05, 4.69) is 17.1 Å². The number of hydrogen-bond acceptors (Lipinski definition) is 3. The number of benzene rings is 1. The summed E-state index contributed by atoms with van der Waals surface area (Å²) < 4.78 is 13.4. The van der Waals surface area contributed by atoms with Crippen molar-refractivity contribution in [3.05, 3.63) is 35.6 Å². The molecule has 1 aliphatic heterocycles. The number of unbranched alkanes of at least 4 members (excludes halogenated alkanes) is 3. The van der Waals surface area contributed by atoms with Crippen LogP contribution in [0.3, 0.4) is 0 Å². The fraction of sp³-hybridized carbons (Fsp3) is 0.652. The van der Waals surface area contributed by atoms with Gasteiger partial charge in [-0.3, -0.25) is 14.5 Å². The van der Waals surface area contributed by atoms with Crippen molar-refractivity contribution in [3.63, 3.8) is 0 Å². The maximum atomic E-state index is 13.4. The molecule has 6 heteroatoms. The molecule has 0 bridgehead atoms. The molecule has 29 heavy (non-hydrogen) atoms. The van der Waals surface area contributed by atoms with Gasteiger partial charge in [0, 0.05) is 26.2 Å². The van der Waals surface area contributed by atoms with Crippen molar-refractivity contribution < 1.29 is 14.0 Å². The van der Waals surface area contributed by atoms with Gasteiger partial charge in [-0.2, -0.15) is 0 Å². The highest BCUT2D eigenvalue weighted by Gasteiger charge is 2.27. The molecule has 0 spiro atoms. The molecular formula is C23H36FN3O2. The number of likely N-dealkylation sites (N-methyl/N-ethyl adjacent to an activating group) is 1. The summed E-state index contributed by atoms with van der Waals surface area (Å²) in [7, 11) is 0. The van der Waals surface area contributed by atoms with Gasteiger partial charge < -0.3 is 10.2 Å². The van der Waals surface area contributed by atoms with E-state index >= 15 is 0 Å². The zero-order chi connectivity index (χ0) is 21.1. The first kappa shape index (κ1) is 23.3. The lowest BCUT2D eigenvalue weighted by atomic mass is 9.97. The minimum absolute atomic E-state index is 0.0254. The summed E-state index contributed by atoms with van der Waals surface area (Å²) in [6.45, 7) is 7.60. The predicted octanol–water partition coefficient (Wildman–Crippen LogP) is 3.58. The molecule has 1 unspecified atom stereocenters. The summed E-state index contributed by atoms with van der Waals surface area (Å²) in [5.41, 5.74) is 0.791. The first-order chi connectivity index (χ1) is 14.0. The van der Waals surface area contributed by atoms with Crippen LogP contribution in [0.1, 0.15) is 57.9 Å². The van der Waals surface area contributed by atoms with E-state index in [0.29, 0.717) is 26.2 Å². The van der Waals surface area contributed by atoms with Gasteiger partial charge in [0.2, 0.25) is 11.8 Å². The average Bonchev–Trinajstić information content (AvgIpc) is 2.72. The van der Waals surface area contributed by atoms with Crippen molar-refractivity contribution in [1.82, 2.24) is 15.1 Å². The standard InChI is InChI=1S/C23H36FN3O2/c1-3-5-6-7-13-25-23(29)20-11-9-14-26(17-20)18-22(28)27(4-2)16-19-10-8-12-21(24)15-19/h8,10,12,15,20H,3-7,9,11,13-14,16-18H2,1-2H3,(H,25,29). The van der Waals surface area contributed by atoms with Gasteiger partial charge in [-0.1, -0.05) is 38.3 Å². The predicted molar refractivity (Wildman–Crippen MR) is 114 cm³/mol. The van der Waals surface area contributed by atoms with E-state index in [1.54, 1.807) is 11.0 Å². The molecular weight excluding hydrogens is 369 g/mol. The molecule has 5 nitrogen and oxygen atoms in total. The molecule has 1 aromatic carbocycles. The Bertz CT molecular complexity index is 653. The number of rotatable bonds is 11. The summed E-state index contributed by atoms with van der Waals surface area (Å²) in [5, 5.41) is 3.06. The topological polar surface area (TPSA) is 52.7 Å². The van der Waals surface area contributed by atoms with Crippen LogP contribution in [0.25, 0.3) is 0 Å². The number of amides is 2. The molecule has 1 N–H and O–H groups in total. The van der Waals surface area contributed by atoms with Gasteiger partial charge >= 0.3 is 0 Å². The van der Waals surface area contributed by atoms with E-state index in [1.807, 2.05) is 13.0 Å². The van der Waals surface area contributed by atoms with Crippen molar-refractivity contribution in [2.45, 2.75) is 58.9 Å². The summed E-state index contributed by atoms with van der Waals surface area (Å²) in [5.74, 6) is -0.185. The second-order valence-corrected chi connectivity index (χ2v) is 7.96. The third kappa shape index (κ3) is 8.13. The highest BCUT2D eigenvalue weighted by molar-refractivity contribution is 5.80. The number of hydrogen-bond donors (Lipinski definition) is 1. The van der Waals surface area contributed by atoms with Crippen LogP contribution in [0.2, 0.25) is 0 Å². The van der Waals surface area contributed by atoms with E-state index < -0.39 is 0 Å². The van der Waals surface area contributed by atoms with Crippen LogP contribution in [-0.4, -0.2) is 54.3 Å². The van der Waals surface area contributed by atoms with Crippen molar-refractivity contribution >= 4 is 11.8 Å². The van der Waals surface area contributed by atoms with E-state index in [4.69, 9.17) is 0 Å². The number of piperidine rings is 1. The van der Waals surface area contributed by atoms with E-state index in [1.165, 1.54) is 25.0 Å². The van der Waals surface area contributed by atoms with Gasteiger partial charge in [0.05, 0.1) is 12.5 Å². The lowest BCUT2D eigenvalue weighted by Crippen LogP contribution is -2.47. The third-order valence-electron chi connectivity index (χ3n) is 5.56. The summed E-state index contributed by atoms with van der Waals surface area (Å²) in [4.78, 5) is 29.1. The molecule has 0 aliphatic carbocycles. The Labute approximate surface area is 174 Å². The number of halogens is 1. The molecule has 0 radical (unpaired) electrons. The highest BCUT2D eigenvalue weighted by atomic mass is 19.1. The molecule has 2 rings (SSSR count). The Morgan fingerprint density at radius 2 is 2.07 bits per heavy atom. The van der Waals surface area contributed by atoms with Gasteiger partial charge in [-0.15, -0.1) is 0 Å². The molecule has 0 saturated carbocycles. The summed E-state index contributed by atoms with van der Waals surface area (Å²) in [6, 6.07) is 6.38. The van der Waals surface area contributed by atoms with Gasteiger partial charge in [0.1, 0.15) is 5.82 Å². The van der Waals surface area contributed by atoms with Crippen LogP contribution < -0.4 is 5.32 Å². The molecule has 1 heterocycles. The highest BCUT2D eigenvalue weighted by Crippen LogP contribution is 2.17. The first-order valence-electron chi connectivity index (χ1n) is 11.1. The number of nitrogens with one attached hydrogen (secondary N) is 1. The van der Waals surface area contributed by atoms with Gasteiger partial charge in [-0.25, -0.2) is 4.39 Å². The van der Waals surface area contributed by atoms with Gasteiger partial charge in [0.25, 0.3) is 0 Å². The molecule has 162 valence electrons. The maximum absolute atomic E-state index is 13.4. The van der Waals surface area contributed by atoms with Crippen LogP contribution in [0.5, 0.6) is 0 Å². The van der Waals surface area contributed by atoms with E-state index in [9.17, 15) is 14.0 Å². The molecule has 2 amide bonds. The monoisotopic (exact) mass is 405 g/mol. The molecule has 1 fully saturated rings. The van der Waals surface area contributed by atoms with Crippen LogP contribution >= 0.6 is 0 Å². The Kier molecular flexibility index (Phi) is 10.1. The Hall–Kier alpha value is -1.95. The van der Waals surface area contributed by atoms with Crippen molar-refractivity contribution in [2.75, 3.05) is 32.7 Å². The van der Waals surface area contributed by atoms with Crippen LogP contribution in [0, 0.1) is 11.7 Å². The molecule has 1 aliphatic rings. The van der Waals surface area contributed by atoms with Crippen molar-refractivity contribution in [2.24, 2.45) is 5.92 Å². The number of carbonyl (C=O) groups is 2. The van der Waals surface area contributed by atoms with E-state index in [-0.39, 0.29) is 23.5 Å². The smallest absolute Gasteiger partial charge is 0.237 e.